The molecule has 0 aromatic heterocycles. The van der Waals surface area contributed by atoms with E-state index in [1.54, 1.807) is 30.1 Å². The number of carbonyl (C=O) groups excluding carboxylic acids is 2. The predicted octanol–water partition coefficient (Wildman–Crippen LogP) is 5.28. The van der Waals surface area contributed by atoms with E-state index in [2.05, 4.69) is 21.2 Å². The maximum absolute atomic E-state index is 13.8. The van der Waals surface area contributed by atoms with Crippen LogP contribution in [0.3, 0.4) is 0 Å². The molecule has 4 aromatic carbocycles. The van der Waals surface area contributed by atoms with Gasteiger partial charge in [0, 0.05) is 42.8 Å². The molecule has 0 unspecified atom stereocenters. The summed E-state index contributed by atoms with van der Waals surface area (Å²) in [5.41, 5.74) is 2.46. The molecule has 0 aliphatic carbocycles. The van der Waals surface area contributed by atoms with Crippen LogP contribution in [-0.2, 0) is 32.6 Å². The molecule has 2 amide bonds. The minimum atomic E-state index is -3.71. The van der Waals surface area contributed by atoms with Crippen molar-refractivity contribution in [3.05, 3.63) is 107 Å². The Morgan fingerprint density at radius 3 is 2.35 bits per heavy atom. The van der Waals surface area contributed by atoms with E-state index in [0.29, 0.717) is 23.4 Å². The van der Waals surface area contributed by atoms with Gasteiger partial charge < -0.3 is 10.2 Å². The zero-order valence-corrected chi connectivity index (χ0v) is 24.5. The van der Waals surface area contributed by atoms with Gasteiger partial charge in [-0.1, -0.05) is 82.7 Å². The minimum Gasteiger partial charge on any atom is -0.357 e. The number of nitrogens with one attached hydrogen (secondary N) is 1. The Kier molecular flexibility index (Phi) is 8.23. The van der Waals surface area contributed by atoms with Crippen LogP contribution in [0, 0.1) is 0 Å². The van der Waals surface area contributed by atoms with Crippen molar-refractivity contribution in [1.29, 1.82) is 0 Å². The Balaban J connectivity index is 1.38. The highest BCUT2D eigenvalue weighted by atomic mass is 79.9. The summed E-state index contributed by atoms with van der Waals surface area (Å²) in [6.45, 7) is 0.409. The fourth-order valence-corrected chi connectivity index (χ4v) is 7.46. The minimum absolute atomic E-state index is 0.0919. The highest BCUT2D eigenvalue weighted by Crippen LogP contribution is 2.42. The Hall–Kier alpha value is -3.69. The molecule has 4 aromatic rings. The van der Waals surface area contributed by atoms with Crippen molar-refractivity contribution >= 4 is 54.2 Å². The Morgan fingerprint density at radius 1 is 0.925 bits per heavy atom. The first kappa shape index (κ1) is 27.9. The van der Waals surface area contributed by atoms with Crippen LogP contribution in [0.4, 0.5) is 5.69 Å². The lowest BCUT2D eigenvalue weighted by molar-refractivity contribution is -0.141. The number of hydrogen-bond donors (Lipinski definition) is 1. The van der Waals surface area contributed by atoms with E-state index in [9.17, 15) is 18.0 Å². The lowest BCUT2D eigenvalue weighted by atomic mass is 10.0. The first-order chi connectivity index (χ1) is 19.3. The van der Waals surface area contributed by atoms with Gasteiger partial charge in [-0.2, -0.15) is 0 Å². The van der Waals surface area contributed by atoms with E-state index in [1.807, 2.05) is 72.8 Å². The van der Waals surface area contributed by atoms with Crippen LogP contribution < -0.4 is 9.62 Å². The number of anilines is 1. The smallest absolute Gasteiger partial charge is 0.265 e. The highest BCUT2D eigenvalue weighted by molar-refractivity contribution is 9.10. The van der Waals surface area contributed by atoms with Crippen LogP contribution in [0.15, 0.2) is 100 Å². The van der Waals surface area contributed by atoms with E-state index in [0.717, 1.165) is 26.4 Å². The van der Waals surface area contributed by atoms with Crippen LogP contribution in [-0.4, -0.2) is 44.8 Å². The highest BCUT2D eigenvalue weighted by Gasteiger charge is 2.35. The number of nitrogens with zero attached hydrogens (tertiary/aromatic N) is 2. The van der Waals surface area contributed by atoms with Crippen LogP contribution >= 0.6 is 15.9 Å². The maximum atomic E-state index is 13.8. The zero-order chi connectivity index (χ0) is 28.3. The van der Waals surface area contributed by atoms with Crippen LogP contribution in [0.5, 0.6) is 0 Å². The molecule has 1 aliphatic heterocycles. The lowest BCUT2D eigenvalue weighted by Gasteiger charge is -2.31. The molecule has 5 rings (SSSR count). The third kappa shape index (κ3) is 5.62. The number of rotatable bonds is 10. The molecule has 0 saturated heterocycles. The van der Waals surface area contributed by atoms with E-state index < -0.39 is 16.1 Å². The SMILES string of the molecule is CNC(=O)[C@@H](Cc1ccccc1)N(Cc1cccc(Br)c1)C(=O)CCCN1c2cccc3cccc(c23)S1(=O)=O. The number of benzene rings is 4. The number of hydrogen-bond acceptors (Lipinski definition) is 4. The molecule has 206 valence electrons. The van der Waals surface area contributed by atoms with Gasteiger partial charge >= 0.3 is 0 Å². The van der Waals surface area contributed by atoms with Crippen molar-refractivity contribution < 1.29 is 18.0 Å². The topological polar surface area (TPSA) is 86.8 Å². The second-order valence-electron chi connectivity index (χ2n) is 9.78. The van der Waals surface area contributed by atoms with Crippen LogP contribution in [0.1, 0.15) is 24.0 Å². The normalized spacial score (nSPS) is 14.2. The Morgan fingerprint density at radius 2 is 1.62 bits per heavy atom. The largest absolute Gasteiger partial charge is 0.357 e. The van der Waals surface area contributed by atoms with Gasteiger partial charge in [0.2, 0.25) is 11.8 Å². The third-order valence-electron chi connectivity index (χ3n) is 7.19. The second-order valence-corrected chi connectivity index (χ2v) is 12.5. The van der Waals surface area contributed by atoms with E-state index in [4.69, 9.17) is 0 Å². The van der Waals surface area contributed by atoms with E-state index in [-0.39, 0.29) is 31.3 Å². The van der Waals surface area contributed by atoms with Gasteiger partial charge in [-0.05, 0) is 47.2 Å². The molecule has 9 heteroatoms. The number of amides is 2. The van der Waals surface area contributed by atoms with Crippen molar-refractivity contribution in [3.63, 3.8) is 0 Å². The van der Waals surface area contributed by atoms with Crippen molar-refractivity contribution in [3.8, 4) is 0 Å². The van der Waals surface area contributed by atoms with E-state index >= 15 is 0 Å². The molecular formula is C31H30BrN3O4S. The summed E-state index contributed by atoms with van der Waals surface area (Å²) in [6, 6.07) is 27.3. The summed E-state index contributed by atoms with van der Waals surface area (Å²) in [7, 11) is -2.14. The van der Waals surface area contributed by atoms with Crippen LogP contribution in [0.25, 0.3) is 10.8 Å². The molecule has 0 saturated carbocycles. The van der Waals surface area contributed by atoms with Gasteiger partial charge in [-0.15, -0.1) is 0 Å². The fraction of sp³-hybridized carbons (Fsp3) is 0.226. The number of sulfonamides is 1. The predicted molar refractivity (Wildman–Crippen MR) is 160 cm³/mol. The standard InChI is InChI=1S/C31H30BrN3O4S/c1-33-31(37)27(20-22-9-3-2-4-10-22)34(21-23-11-5-14-25(32)19-23)29(36)17-8-18-35-26-15-6-12-24-13-7-16-28(30(24)26)40(35,38)39/h2-7,9-16,19,27H,8,17-18,20-21H2,1H3,(H,33,37)/t27-/m1/s1. The van der Waals surface area contributed by atoms with Crippen molar-refractivity contribution in [1.82, 2.24) is 10.2 Å². The molecule has 1 atom stereocenters. The number of likely N-dealkylation sites (N-methyl/N-ethyl adjacent to an activating group) is 1. The lowest BCUT2D eigenvalue weighted by Crippen LogP contribution is -2.49. The second kappa shape index (κ2) is 11.8. The molecule has 0 bridgehead atoms. The Bertz CT molecular complexity index is 1650. The molecule has 0 radical (unpaired) electrons. The molecule has 1 heterocycles. The van der Waals surface area contributed by atoms with Gasteiger partial charge in [0.05, 0.1) is 10.6 Å². The molecule has 0 fully saturated rings. The summed E-state index contributed by atoms with van der Waals surface area (Å²) in [4.78, 5) is 28.8. The molecule has 1 aliphatic rings. The monoisotopic (exact) mass is 619 g/mol. The van der Waals surface area contributed by atoms with Gasteiger partial charge in [-0.3, -0.25) is 13.9 Å². The van der Waals surface area contributed by atoms with Crippen molar-refractivity contribution in [2.24, 2.45) is 0 Å². The summed E-state index contributed by atoms with van der Waals surface area (Å²) in [5, 5.41) is 4.31. The van der Waals surface area contributed by atoms with Gasteiger partial charge in [-0.25, -0.2) is 8.42 Å². The quantitative estimate of drug-likeness (QED) is 0.262. The van der Waals surface area contributed by atoms with Crippen LogP contribution in [0.2, 0.25) is 0 Å². The van der Waals surface area contributed by atoms with Gasteiger partial charge in [0.25, 0.3) is 10.0 Å². The summed E-state index contributed by atoms with van der Waals surface area (Å²) >= 11 is 3.49. The summed E-state index contributed by atoms with van der Waals surface area (Å²) < 4.78 is 29.0. The zero-order valence-electron chi connectivity index (χ0n) is 22.1. The van der Waals surface area contributed by atoms with Gasteiger partial charge in [0.15, 0.2) is 0 Å². The third-order valence-corrected chi connectivity index (χ3v) is 9.54. The first-order valence-corrected chi connectivity index (χ1v) is 15.4. The van der Waals surface area contributed by atoms with E-state index in [1.165, 1.54) is 4.31 Å². The average molecular weight is 621 g/mol. The van der Waals surface area contributed by atoms with Gasteiger partial charge in [0.1, 0.15) is 6.04 Å². The molecule has 40 heavy (non-hydrogen) atoms. The first-order valence-electron chi connectivity index (χ1n) is 13.1. The van der Waals surface area contributed by atoms with Crippen molar-refractivity contribution in [2.45, 2.75) is 36.7 Å². The molecule has 7 nitrogen and oxygen atoms in total. The fourth-order valence-electron chi connectivity index (χ4n) is 5.27. The number of halogens is 1. The summed E-state index contributed by atoms with van der Waals surface area (Å²) in [5.74, 6) is -0.465. The molecule has 1 N–H and O–H groups in total. The Labute approximate surface area is 243 Å². The summed E-state index contributed by atoms with van der Waals surface area (Å²) in [6.07, 6.45) is 0.760. The van der Waals surface area contributed by atoms with Crippen molar-refractivity contribution in [2.75, 3.05) is 17.9 Å². The number of carbonyl (C=O) groups is 2. The molecular weight excluding hydrogens is 590 g/mol. The average Bonchev–Trinajstić information content (AvgIpc) is 3.18. The molecule has 0 spiro atoms. The maximum Gasteiger partial charge on any atom is 0.265 e.